The van der Waals surface area contributed by atoms with Gasteiger partial charge in [0.05, 0.1) is 24.4 Å². The average molecular weight is 550 g/mol. The molecule has 0 aliphatic rings. The van der Waals surface area contributed by atoms with Crippen molar-refractivity contribution in [3.05, 3.63) is 70.6 Å². The summed E-state index contributed by atoms with van der Waals surface area (Å²) in [4.78, 5) is 22.5. The van der Waals surface area contributed by atoms with Gasteiger partial charge in [-0.3, -0.25) is 4.79 Å². The third kappa shape index (κ3) is 4.27. The Kier molecular flexibility index (Phi) is 6.04. The zero-order chi connectivity index (χ0) is 26.4. The van der Waals surface area contributed by atoms with E-state index in [9.17, 15) is 9.18 Å². The van der Waals surface area contributed by atoms with E-state index in [2.05, 4.69) is 15.4 Å². The molecule has 192 valence electrons. The first-order chi connectivity index (χ1) is 18.4. The van der Waals surface area contributed by atoms with E-state index in [1.165, 1.54) is 34.8 Å². The van der Waals surface area contributed by atoms with Crippen LogP contribution < -0.4 is 14.8 Å². The maximum atomic E-state index is 14.5. The monoisotopic (exact) mass is 549 g/mol. The fourth-order valence-corrected chi connectivity index (χ4v) is 5.60. The number of hydrogen-bond acceptors (Lipinski definition) is 9. The lowest BCUT2D eigenvalue weighted by Gasteiger charge is -2.06. The maximum absolute atomic E-state index is 14.5. The van der Waals surface area contributed by atoms with Gasteiger partial charge in [-0.25, -0.2) is 14.4 Å². The fourth-order valence-electron chi connectivity index (χ4n) is 3.99. The van der Waals surface area contributed by atoms with Gasteiger partial charge in [-0.1, -0.05) is 12.1 Å². The highest BCUT2D eigenvalue weighted by Crippen LogP contribution is 2.36. The fraction of sp³-hybridized carbons (Fsp3) is 0.154. The molecule has 38 heavy (non-hydrogen) atoms. The van der Waals surface area contributed by atoms with Gasteiger partial charge in [-0.2, -0.15) is 4.52 Å². The van der Waals surface area contributed by atoms with Gasteiger partial charge in [-0.05, 0) is 36.5 Å². The number of methoxy groups -OCH3 is 1. The standard InChI is InChI=1S/C26H20FN5O4S2/c1-13-18(30-24(37-13)15-6-4-14(5-7-15)23(33)28-2)12-35-20-8-16(27)9-21-17(20)10-22(36-21)19-11-29-25-32(19)31-26(34-3)38-25/h4-11H,12H2,1-3H3,(H,28,33). The summed E-state index contributed by atoms with van der Waals surface area (Å²) in [5.74, 6) is 0.196. The number of halogens is 1. The van der Waals surface area contributed by atoms with Crippen molar-refractivity contribution >= 4 is 44.5 Å². The molecule has 1 N–H and O–H groups in total. The summed E-state index contributed by atoms with van der Waals surface area (Å²) in [5, 5.41) is 8.88. The van der Waals surface area contributed by atoms with Gasteiger partial charge in [0, 0.05) is 35.2 Å². The van der Waals surface area contributed by atoms with Crippen molar-refractivity contribution in [1.29, 1.82) is 0 Å². The van der Waals surface area contributed by atoms with Crippen molar-refractivity contribution < 1.29 is 23.1 Å². The van der Waals surface area contributed by atoms with Crippen LogP contribution in [0.15, 0.2) is 53.1 Å². The zero-order valence-electron chi connectivity index (χ0n) is 20.4. The summed E-state index contributed by atoms with van der Waals surface area (Å²) in [5.41, 5.74) is 3.18. The largest absolute Gasteiger partial charge is 0.486 e. The highest BCUT2D eigenvalue weighted by atomic mass is 32.1. The minimum absolute atomic E-state index is 0.145. The lowest BCUT2D eigenvalue weighted by molar-refractivity contribution is 0.0963. The number of ether oxygens (including phenoxy) is 2. The van der Waals surface area contributed by atoms with E-state index in [1.54, 1.807) is 43.1 Å². The van der Waals surface area contributed by atoms with Crippen LogP contribution in [0.25, 0.3) is 38.0 Å². The van der Waals surface area contributed by atoms with Gasteiger partial charge in [0.15, 0.2) is 5.76 Å². The molecule has 4 heterocycles. The molecule has 0 atom stereocenters. The number of hydrogen-bond donors (Lipinski definition) is 1. The predicted molar refractivity (Wildman–Crippen MR) is 143 cm³/mol. The van der Waals surface area contributed by atoms with Crippen LogP contribution in [0.3, 0.4) is 0 Å². The molecule has 6 rings (SSSR count). The summed E-state index contributed by atoms with van der Waals surface area (Å²) >= 11 is 2.83. The molecule has 12 heteroatoms. The molecule has 0 aliphatic carbocycles. The van der Waals surface area contributed by atoms with Crippen LogP contribution in [0.1, 0.15) is 20.9 Å². The Labute approximate surface area is 223 Å². The Bertz CT molecular complexity index is 1800. The first-order valence-electron chi connectivity index (χ1n) is 11.5. The summed E-state index contributed by atoms with van der Waals surface area (Å²) in [6.45, 7) is 2.11. The molecule has 0 unspecified atom stereocenters. The molecule has 0 aliphatic heterocycles. The first kappa shape index (κ1) is 24.1. The molecular formula is C26H20FN5O4S2. The lowest BCUT2D eigenvalue weighted by Crippen LogP contribution is -2.17. The molecule has 0 bridgehead atoms. The highest BCUT2D eigenvalue weighted by molar-refractivity contribution is 7.18. The van der Waals surface area contributed by atoms with Crippen molar-refractivity contribution in [3.8, 4) is 33.0 Å². The number of rotatable bonds is 7. The molecule has 4 aromatic heterocycles. The third-order valence-corrected chi connectivity index (χ3v) is 7.88. The first-order valence-corrected chi connectivity index (χ1v) is 13.1. The number of benzene rings is 2. The Morgan fingerprint density at radius 2 is 2.00 bits per heavy atom. The van der Waals surface area contributed by atoms with E-state index >= 15 is 0 Å². The number of fused-ring (bicyclic) bond motifs is 2. The van der Waals surface area contributed by atoms with Gasteiger partial charge < -0.3 is 19.2 Å². The van der Waals surface area contributed by atoms with Crippen LogP contribution in [0.2, 0.25) is 0 Å². The number of nitrogens with zero attached hydrogens (tertiary/aromatic N) is 4. The van der Waals surface area contributed by atoms with Crippen LogP contribution in [0.5, 0.6) is 10.9 Å². The smallest absolute Gasteiger partial charge is 0.294 e. The van der Waals surface area contributed by atoms with Gasteiger partial charge >= 0.3 is 0 Å². The summed E-state index contributed by atoms with van der Waals surface area (Å²) in [6, 6.07) is 11.7. The van der Waals surface area contributed by atoms with Crippen LogP contribution in [0.4, 0.5) is 4.39 Å². The zero-order valence-corrected chi connectivity index (χ0v) is 22.1. The van der Waals surface area contributed by atoms with E-state index in [0.717, 1.165) is 21.1 Å². The van der Waals surface area contributed by atoms with Crippen molar-refractivity contribution in [3.63, 3.8) is 0 Å². The Morgan fingerprint density at radius 1 is 1.18 bits per heavy atom. The van der Waals surface area contributed by atoms with E-state index in [1.807, 2.05) is 19.1 Å². The van der Waals surface area contributed by atoms with Crippen LogP contribution >= 0.6 is 22.7 Å². The maximum Gasteiger partial charge on any atom is 0.294 e. The van der Waals surface area contributed by atoms with Gasteiger partial charge in [-0.15, -0.1) is 16.4 Å². The number of nitrogens with one attached hydrogen (secondary N) is 1. The molecule has 0 saturated heterocycles. The molecule has 0 fully saturated rings. The molecule has 0 radical (unpaired) electrons. The number of imidazole rings is 1. The number of carbonyl (C=O) groups excluding carboxylic acids is 1. The summed E-state index contributed by atoms with van der Waals surface area (Å²) in [7, 11) is 3.14. The SMILES string of the molecule is CNC(=O)c1ccc(-c2nc(COc3cc(F)cc4oc(-c5cnc6sc(OC)nn56)cc34)c(C)s2)cc1. The molecule has 2 aromatic carbocycles. The van der Waals surface area contributed by atoms with Crippen LogP contribution in [0, 0.1) is 12.7 Å². The Balaban J connectivity index is 1.27. The second kappa shape index (κ2) is 9.54. The third-order valence-electron chi connectivity index (χ3n) is 5.94. The number of aryl methyl sites for hydroxylation is 1. The predicted octanol–water partition coefficient (Wildman–Crippen LogP) is 5.72. The quantitative estimate of drug-likeness (QED) is 0.272. The number of amides is 1. The number of carbonyl (C=O) groups is 1. The Morgan fingerprint density at radius 3 is 2.76 bits per heavy atom. The van der Waals surface area contributed by atoms with E-state index in [-0.39, 0.29) is 12.5 Å². The minimum atomic E-state index is -0.478. The van der Waals surface area contributed by atoms with Crippen molar-refractivity contribution in [2.45, 2.75) is 13.5 Å². The number of furan rings is 1. The molecule has 9 nitrogen and oxygen atoms in total. The van der Waals surface area contributed by atoms with Crippen LogP contribution in [-0.2, 0) is 6.61 Å². The van der Waals surface area contributed by atoms with Crippen molar-refractivity contribution in [2.75, 3.05) is 14.2 Å². The molecular weight excluding hydrogens is 529 g/mol. The topological polar surface area (TPSA) is 104 Å². The van der Waals surface area contributed by atoms with Gasteiger partial charge in [0.1, 0.15) is 34.5 Å². The van der Waals surface area contributed by atoms with Crippen molar-refractivity contribution in [2.24, 2.45) is 0 Å². The van der Waals surface area contributed by atoms with Crippen LogP contribution in [-0.4, -0.2) is 39.6 Å². The van der Waals surface area contributed by atoms with Gasteiger partial charge in [0.25, 0.3) is 11.1 Å². The minimum Gasteiger partial charge on any atom is -0.486 e. The highest BCUT2D eigenvalue weighted by Gasteiger charge is 2.19. The number of thiazole rings is 1. The van der Waals surface area contributed by atoms with E-state index in [4.69, 9.17) is 18.9 Å². The molecule has 0 saturated carbocycles. The molecule has 1 amide bonds. The summed E-state index contributed by atoms with van der Waals surface area (Å²) < 4.78 is 33.3. The van der Waals surface area contributed by atoms with Crippen molar-refractivity contribution in [1.82, 2.24) is 24.9 Å². The second-order valence-corrected chi connectivity index (χ2v) is 10.4. The summed E-state index contributed by atoms with van der Waals surface area (Å²) in [6.07, 6.45) is 1.65. The Hall–Kier alpha value is -4.29. The second-order valence-electron chi connectivity index (χ2n) is 8.30. The number of aromatic nitrogens is 4. The molecule has 6 aromatic rings. The van der Waals surface area contributed by atoms with Gasteiger partial charge in [0.2, 0.25) is 4.96 Å². The average Bonchev–Trinajstić information content (AvgIpc) is 3.69. The van der Waals surface area contributed by atoms with E-state index < -0.39 is 5.82 Å². The molecule has 0 spiro atoms. The normalized spacial score (nSPS) is 11.4. The lowest BCUT2D eigenvalue weighted by atomic mass is 10.1. The van der Waals surface area contributed by atoms with E-state index in [0.29, 0.717) is 43.9 Å².